The number of carbonyl (C=O) groups is 1. The Morgan fingerprint density at radius 3 is 2.56 bits per heavy atom. The number of rotatable bonds is 3. The van der Waals surface area contributed by atoms with Crippen molar-refractivity contribution in [2.75, 3.05) is 11.9 Å². The predicted molar refractivity (Wildman–Crippen MR) is 60.1 cm³/mol. The summed E-state index contributed by atoms with van der Waals surface area (Å²) in [7, 11) is 0. The number of benzene rings is 1. The fourth-order valence-corrected chi connectivity index (χ4v) is 1.25. The first kappa shape index (κ1) is 14.3. The molecule has 0 radical (unpaired) electrons. The first-order valence-electron chi connectivity index (χ1n) is 5.20. The molecule has 1 rings (SSSR count). The number of aliphatic hydroxyl groups excluding tert-OH is 1. The molecular weight excluding hydrogens is 249 g/mol. The van der Waals surface area contributed by atoms with Crippen molar-refractivity contribution in [1.82, 2.24) is 5.32 Å². The summed E-state index contributed by atoms with van der Waals surface area (Å²) in [5.74, 6) is 0. The van der Waals surface area contributed by atoms with Crippen LogP contribution in [0.1, 0.15) is 12.5 Å². The topological polar surface area (TPSA) is 61.4 Å². The molecule has 1 atom stereocenters. The molecule has 0 fully saturated rings. The predicted octanol–water partition coefficient (Wildman–Crippen LogP) is 2.21. The molecule has 1 aromatic carbocycles. The van der Waals surface area contributed by atoms with Gasteiger partial charge in [-0.2, -0.15) is 13.2 Å². The molecule has 0 aliphatic carbocycles. The van der Waals surface area contributed by atoms with E-state index >= 15 is 0 Å². The number of urea groups is 1. The van der Waals surface area contributed by atoms with Gasteiger partial charge in [-0.1, -0.05) is 12.1 Å². The average Bonchev–Trinajstić information content (AvgIpc) is 2.25. The van der Waals surface area contributed by atoms with E-state index in [1.54, 1.807) is 0 Å². The van der Waals surface area contributed by atoms with Gasteiger partial charge in [0.1, 0.15) is 0 Å². The van der Waals surface area contributed by atoms with Gasteiger partial charge in [0, 0.05) is 6.54 Å². The van der Waals surface area contributed by atoms with E-state index in [4.69, 9.17) is 5.11 Å². The molecule has 0 heterocycles. The molecule has 0 saturated carbocycles. The number of hydrogen-bond donors (Lipinski definition) is 3. The van der Waals surface area contributed by atoms with Crippen molar-refractivity contribution in [3.63, 3.8) is 0 Å². The third kappa shape index (κ3) is 4.25. The maximum Gasteiger partial charge on any atom is 0.418 e. The number of para-hydroxylation sites is 1. The van der Waals surface area contributed by atoms with E-state index in [9.17, 15) is 18.0 Å². The fraction of sp³-hybridized carbons (Fsp3) is 0.364. The molecule has 0 bridgehead atoms. The second-order valence-corrected chi connectivity index (χ2v) is 3.73. The van der Waals surface area contributed by atoms with Crippen LogP contribution in [0.3, 0.4) is 0 Å². The Kier molecular flexibility index (Phi) is 4.55. The van der Waals surface area contributed by atoms with E-state index in [0.717, 1.165) is 12.1 Å². The van der Waals surface area contributed by atoms with Gasteiger partial charge in [-0.25, -0.2) is 4.79 Å². The van der Waals surface area contributed by atoms with Gasteiger partial charge in [0.2, 0.25) is 0 Å². The minimum Gasteiger partial charge on any atom is -0.392 e. The molecule has 0 aliphatic rings. The number of amides is 2. The molecule has 100 valence electrons. The zero-order chi connectivity index (χ0) is 13.8. The molecule has 0 spiro atoms. The van der Waals surface area contributed by atoms with E-state index in [-0.39, 0.29) is 12.2 Å². The SMILES string of the molecule is C[C@H](O)CNC(=O)Nc1ccccc1C(F)(F)F. The summed E-state index contributed by atoms with van der Waals surface area (Å²) in [6.07, 6.45) is -5.30. The highest BCUT2D eigenvalue weighted by atomic mass is 19.4. The Hall–Kier alpha value is -1.76. The van der Waals surface area contributed by atoms with Crippen LogP contribution in [0, 0.1) is 0 Å². The van der Waals surface area contributed by atoms with E-state index < -0.39 is 23.9 Å². The van der Waals surface area contributed by atoms with Crippen LogP contribution < -0.4 is 10.6 Å². The van der Waals surface area contributed by atoms with Gasteiger partial charge in [-0.3, -0.25) is 0 Å². The largest absolute Gasteiger partial charge is 0.418 e. The molecule has 4 nitrogen and oxygen atoms in total. The Labute approximate surface area is 102 Å². The Morgan fingerprint density at radius 1 is 1.39 bits per heavy atom. The van der Waals surface area contributed by atoms with Crippen molar-refractivity contribution >= 4 is 11.7 Å². The van der Waals surface area contributed by atoms with E-state index in [1.807, 2.05) is 0 Å². The molecule has 0 unspecified atom stereocenters. The zero-order valence-electron chi connectivity index (χ0n) is 9.58. The quantitative estimate of drug-likeness (QED) is 0.782. The standard InChI is InChI=1S/C11H13F3N2O2/c1-7(17)6-15-10(18)16-9-5-3-2-4-8(9)11(12,13)14/h2-5,7,17H,6H2,1H3,(H2,15,16,18)/t7-/m0/s1. The van der Waals surface area contributed by atoms with Crippen LogP contribution in [0.2, 0.25) is 0 Å². The summed E-state index contributed by atoms with van der Waals surface area (Å²) >= 11 is 0. The van der Waals surface area contributed by atoms with Crippen LogP contribution in [-0.4, -0.2) is 23.8 Å². The van der Waals surface area contributed by atoms with Gasteiger partial charge in [0.05, 0.1) is 17.4 Å². The van der Waals surface area contributed by atoms with Gasteiger partial charge in [-0.05, 0) is 19.1 Å². The number of carbonyl (C=O) groups excluding carboxylic acids is 1. The molecule has 0 saturated heterocycles. The van der Waals surface area contributed by atoms with Crippen molar-refractivity contribution < 1.29 is 23.1 Å². The lowest BCUT2D eigenvalue weighted by Gasteiger charge is -2.14. The number of aliphatic hydroxyl groups is 1. The van der Waals surface area contributed by atoms with Crippen LogP contribution in [0.25, 0.3) is 0 Å². The molecule has 0 aliphatic heterocycles. The van der Waals surface area contributed by atoms with Gasteiger partial charge in [0.25, 0.3) is 0 Å². The summed E-state index contributed by atoms with van der Waals surface area (Å²) < 4.78 is 37.8. The number of nitrogens with one attached hydrogen (secondary N) is 2. The van der Waals surface area contributed by atoms with Gasteiger partial charge < -0.3 is 15.7 Å². The lowest BCUT2D eigenvalue weighted by molar-refractivity contribution is -0.136. The van der Waals surface area contributed by atoms with Crippen LogP contribution in [0.15, 0.2) is 24.3 Å². The molecule has 7 heteroatoms. The molecule has 2 amide bonds. The molecular formula is C11H13F3N2O2. The zero-order valence-corrected chi connectivity index (χ0v) is 9.58. The third-order valence-corrected chi connectivity index (χ3v) is 2.04. The van der Waals surface area contributed by atoms with Crippen molar-refractivity contribution in [3.8, 4) is 0 Å². The second kappa shape index (κ2) is 5.72. The number of hydrogen-bond acceptors (Lipinski definition) is 2. The van der Waals surface area contributed by atoms with E-state index in [0.29, 0.717) is 0 Å². The fourth-order valence-electron chi connectivity index (χ4n) is 1.25. The summed E-state index contributed by atoms with van der Waals surface area (Å²) in [6, 6.07) is 3.86. The third-order valence-electron chi connectivity index (χ3n) is 2.04. The normalized spacial score (nSPS) is 12.9. The Morgan fingerprint density at radius 2 is 2.00 bits per heavy atom. The van der Waals surface area contributed by atoms with Crippen LogP contribution in [0.5, 0.6) is 0 Å². The van der Waals surface area contributed by atoms with Crippen molar-refractivity contribution in [2.45, 2.75) is 19.2 Å². The van der Waals surface area contributed by atoms with E-state index in [1.165, 1.54) is 19.1 Å². The monoisotopic (exact) mass is 262 g/mol. The minimum absolute atomic E-state index is 0.0416. The van der Waals surface area contributed by atoms with Crippen molar-refractivity contribution in [1.29, 1.82) is 0 Å². The number of anilines is 1. The lowest BCUT2D eigenvalue weighted by atomic mass is 10.1. The van der Waals surface area contributed by atoms with Crippen molar-refractivity contribution in [3.05, 3.63) is 29.8 Å². The maximum absolute atomic E-state index is 12.6. The highest BCUT2D eigenvalue weighted by molar-refractivity contribution is 5.90. The van der Waals surface area contributed by atoms with Crippen LogP contribution in [0.4, 0.5) is 23.7 Å². The summed E-state index contributed by atoms with van der Waals surface area (Å²) in [4.78, 5) is 11.3. The summed E-state index contributed by atoms with van der Waals surface area (Å²) in [6.45, 7) is 1.41. The highest BCUT2D eigenvalue weighted by Crippen LogP contribution is 2.34. The average molecular weight is 262 g/mol. The van der Waals surface area contributed by atoms with Gasteiger partial charge in [0.15, 0.2) is 0 Å². The smallest absolute Gasteiger partial charge is 0.392 e. The summed E-state index contributed by atoms with van der Waals surface area (Å²) in [5, 5.41) is 13.3. The molecule has 3 N–H and O–H groups in total. The van der Waals surface area contributed by atoms with Crippen molar-refractivity contribution in [2.24, 2.45) is 0 Å². The number of alkyl halides is 3. The van der Waals surface area contributed by atoms with Crippen LogP contribution in [-0.2, 0) is 6.18 Å². The second-order valence-electron chi connectivity index (χ2n) is 3.73. The summed E-state index contributed by atoms with van der Waals surface area (Å²) in [5.41, 5.74) is -1.25. The maximum atomic E-state index is 12.6. The highest BCUT2D eigenvalue weighted by Gasteiger charge is 2.33. The first-order valence-corrected chi connectivity index (χ1v) is 5.20. The molecule has 0 aromatic heterocycles. The Balaban J connectivity index is 2.76. The lowest BCUT2D eigenvalue weighted by Crippen LogP contribution is -2.34. The van der Waals surface area contributed by atoms with Gasteiger partial charge >= 0.3 is 12.2 Å². The number of halogens is 3. The van der Waals surface area contributed by atoms with Crippen LogP contribution >= 0.6 is 0 Å². The first-order chi connectivity index (χ1) is 8.30. The van der Waals surface area contributed by atoms with Gasteiger partial charge in [-0.15, -0.1) is 0 Å². The molecule has 18 heavy (non-hydrogen) atoms. The minimum atomic E-state index is -4.53. The Bertz CT molecular complexity index is 419. The van der Waals surface area contributed by atoms with E-state index in [2.05, 4.69) is 10.6 Å². The molecule has 1 aromatic rings.